The lowest BCUT2D eigenvalue weighted by atomic mass is 9.78. The van der Waals surface area contributed by atoms with Crippen molar-refractivity contribution in [1.29, 1.82) is 0 Å². The molecular weight excluding hydrogens is 688 g/mol. The lowest BCUT2D eigenvalue weighted by Gasteiger charge is -2.49. The van der Waals surface area contributed by atoms with E-state index in [-0.39, 0.29) is 66.0 Å². The van der Waals surface area contributed by atoms with Crippen molar-refractivity contribution < 1.29 is 40.7 Å². The second-order valence-electron chi connectivity index (χ2n) is 14.6. The highest BCUT2D eigenvalue weighted by Gasteiger charge is 2.43. The number of alkyl halides is 6. The lowest BCUT2D eigenvalue weighted by molar-refractivity contribution is -0.146. The van der Waals surface area contributed by atoms with Gasteiger partial charge < -0.3 is 19.4 Å². The van der Waals surface area contributed by atoms with Gasteiger partial charge >= 0.3 is 18.3 Å². The Balaban J connectivity index is 1.42. The van der Waals surface area contributed by atoms with Crippen LogP contribution in [0.4, 0.5) is 38.0 Å². The Morgan fingerprint density at radius 2 is 1.38 bits per heavy atom. The zero-order valence-corrected chi connectivity index (χ0v) is 30.3. The first-order chi connectivity index (χ1) is 24.7. The van der Waals surface area contributed by atoms with Gasteiger partial charge in [-0.25, -0.2) is 9.97 Å². The molecule has 1 saturated carbocycles. The molecule has 1 aliphatic carbocycles. The van der Waals surface area contributed by atoms with Crippen LogP contribution in [-0.4, -0.2) is 64.6 Å². The van der Waals surface area contributed by atoms with Crippen molar-refractivity contribution >= 4 is 23.5 Å². The second-order valence-corrected chi connectivity index (χ2v) is 14.6. The Hall–Kier alpha value is -3.58. The van der Waals surface area contributed by atoms with Crippen LogP contribution in [0.5, 0.6) is 0 Å². The average Bonchev–Trinajstić information content (AvgIpc) is 3.13. The predicted octanol–water partition coefficient (Wildman–Crippen LogP) is 8.82. The number of amides is 1. The maximum absolute atomic E-state index is 14.2. The van der Waals surface area contributed by atoms with Crippen molar-refractivity contribution in [1.82, 2.24) is 14.9 Å². The van der Waals surface area contributed by atoms with Crippen molar-refractivity contribution in [3.05, 3.63) is 47.3 Å². The van der Waals surface area contributed by atoms with E-state index < -0.39 is 23.5 Å². The van der Waals surface area contributed by atoms with E-state index in [1.807, 2.05) is 18.7 Å². The summed E-state index contributed by atoms with van der Waals surface area (Å²) in [7, 11) is 0. The fourth-order valence-electron chi connectivity index (χ4n) is 8.32. The third-order valence-electron chi connectivity index (χ3n) is 11.1. The number of carbonyl (C=O) groups is 2. The highest BCUT2D eigenvalue weighted by Crippen LogP contribution is 2.40. The minimum Gasteiger partial charge on any atom is -0.466 e. The van der Waals surface area contributed by atoms with Crippen LogP contribution in [0, 0.1) is 11.8 Å². The number of carbonyl (C=O) groups excluding carboxylic acids is 2. The monoisotopic (exact) mass is 739 g/mol. The Kier molecular flexibility index (Phi) is 13.0. The lowest BCUT2D eigenvalue weighted by Crippen LogP contribution is -2.58. The van der Waals surface area contributed by atoms with Gasteiger partial charge in [-0.05, 0) is 107 Å². The molecular formula is C38H51F6N5O3. The molecule has 52 heavy (non-hydrogen) atoms. The summed E-state index contributed by atoms with van der Waals surface area (Å²) in [6, 6.07) is 0.939. The third kappa shape index (κ3) is 9.69. The molecule has 14 heteroatoms. The van der Waals surface area contributed by atoms with Gasteiger partial charge in [0.15, 0.2) is 0 Å². The maximum Gasteiger partial charge on any atom is 0.416 e. The van der Waals surface area contributed by atoms with Gasteiger partial charge in [0.05, 0.1) is 35.8 Å². The molecule has 1 amide bonds. The minimum absolute atomic E-state index is 0.0770. The molecule has 3 heterocycles. The zero-order valence-electron chi connectivity index (χ0n) is 30.3. The second kappa shape index (κ2) is 17.0. The molecule has 8 nitrogen and oxygen atoms in total. The van der Waals surface area contributed by atoms with Gasteiger partial charge in [0.2, 0.25) is 11.9 Å². The fraction of sp³-hybridized carbons (Fsp3) is 0.684. The molecule has 0 N–H and O–H groups in total. The molecule has 2 saturated heterocycles. The normalized spacial score (nSPS) is 24.4. The number of benzene rings is 1. The molecule has 0 radical (unpaired) electrons. The molecule has 3 fully saturated rings. The van der Waals surface area contributed by atoms with Crippen molar-refractivity contribution in [2.45, 2.75) is 135 Å². The average molecular weight is 740 g/mol. The van der Waals surface area contributed by atoms with Crippen LogP contribution in [0.15, 0.2) is 30.6 Å². The number of aromatic nitrogens is 2. The van der Waals surface area contributed by atoms with E-state index in [9.17, 15) is 35.9 Å². The standard InChI is InChI=1S/C38H51F6N5O3/c1-4-30-20-32(21-31(5-2)49(30)35(51)27-12-10-25(11-13-27)18-34(50)52-6-3)48(36-45-22-33(23-46-36)47-14-8-7-9-15-47)24-26-16-28(37(39,40)41)19-29(17-26)38(42,43)44/h16-17,19,22-23,25,27,30-32H,4-15,18,20-21,24H2,1-3H3/t25?,27?,30-,31+,32?. The van der Waals surface area contributed by atoms with E-state index in [4.69, 9.17) is 4.74 Å². The van der Waals surface area contributed by atoms with E-state index in [0.717, 1.165) is 63.0 Å². The Morgan fingerprint density at radius 3 is 1.88 bits per heavy atom. The van der Waals surface area contributed by atoms with Crippen LogP contribution in [-0.2, 0) is 33.2 Å². The molecule has 288 valence electrons. The number of nitrogens with zero attached hydrogens (tertiary/aromatic N) is 5. The Labute approximate surface area is 302 Å². The molecule has 0 bridgehead atoms. The van der Waals surface area contributed by atoms with Gasteiger partial charge in [0.1, 0.15) is 0 Å². The van der Waals surface area contributed by atoms with Crippen LogP contribution in [0.1, 0.15) is 115 Å². The first kappa shape index (κ1) is 39.6. The van der Waals surface area contributed by atoms with Gasteiger partial charge in [-0.2, -0.15) is 26.3 Å². The van der Waals surface area contributed by atoms with Crippen molar-refractivity contribution in [2.75, 3.05) is 29.5 Å². The third-order valence-corrected chi connectivity index (χ3v) is 11.1. The highest BCUT2D eigenvalue weighted by molar-refractivity contribution is 5.80. The van der Waals surface area contributed by atoms with Gasteiger partial charge in [-0.3, -0.25) is 9.59 Å². The highest BCUT2D eigenvalue weighted by atomic mass is 19.4. The number of likely N-dealkylation sites (tertiary alicyclic amines) is 1. The minimum atomic E-state index is -4.97. The number of rotatable bonds is 11. The molecule has 5 rings (SSSR count). The Morgan fingerprint density at radius 1 is 0.827 bits per heavy atom. The summed E-state index contributed by atoms with van der Waals surface area (Å²) in [5.41, 5.74) is -2.06. The molecule has 0 spiro atoms. The molecule has 3 aliphatic rings. The maximum atomic E-state index is 14.2. The molecule has 2 aromatic rings. The van der Waals surface area contributed by atoms with E-state index in [0.29, 0.717) is 51.6 Å². The summed E-state index contributed by atoms with van der Waals surface area (Å²) in [6.45, 7) is 7.53. The van der Waals surface area contributed by atoms with Crippen LogP contribution in [0.2, 0.25) is 0 Å². The van der Waals surface area contributed by atoms with Gasteiger partial charge in [0.25, 0.3) is 0 Å². The topological polar surface area (TPSA) is 78.9 Å². The van der Waals surface area contributed by atoms with E-state index in [1.54, 1.807) is 24.2 Å². The van der Waals surface area contributed by atoms with Gasteiger partial charge in [0, 0.05) is 50.1 Å². The van der Waals surface area contributed by atoms with E-state index in [2.05, 4.69) is 14.9 Å². The smallest absolute Gasteiger partial charge is 0.416 e. The van der Waals surface area contributed by atoms with Gasteiger partial charge in [-0.15, -0.1) is 0 Å². The predicted molar refractivity (Wildman–Crippen MR) is 185 cm³/mol. The first-order valence-electron chi connectivity index (χ1n) is 18.8. The summed E-state index contributed by atoms with van der Waals surface area (Å²) in [6.07, 6.45) is 2.01. The number of hydrogen-bond donors (Lipinski definition) is 0. The number of hydrogen-bond acceptors (Lipinski definition) is 7. The fourth-order valence-corrected chi connectivity index (χ4v) is 8.32. The van der Waals surface area contributed by atoms with E-state index >= 15 is 0 Å². The van der Waals surface area contributed by atoms with Crippen molar-refractivity contribution in [3.63, 3.8) is 0 Å². The zero-order chi connectivity index (χ0) is 37.6. The summed E-state index contributed by atoms with van der Waals surface area (Å²) >= 11 is 0. The molecule has 3 atom stereocenters. The van der Waals surface area contributed by atoms with Crippen LogP contribution >= 0.6 is 0 Å². The molecule has 2 aliphatic heterocycles. The number of halogens is 6. The summed E-state index contributed by atoms with van der Waals surface area (Å²) in [4.78, 5) is 41.4. The summed E-state index contributed by atoms with van der Waals surface area (Å²) in [5, 5.41) is 0. The number of ether oxygens (including phenoxy) is 1. The number of anilines is 2. The number of esters is 1. The SMILES string of the molecule is CCOC(=O)CC1CCC(C(=O)N2[C@H](CC)CC(N(Cc3cc(C(F)(F)F)cc(C(F)(F)F)c3)c3ncc(N4CCCCC4)cn3)C[C@@H]2CC)CC1. The Bertz CT molecular complexity index is 1440. The first-order valence-corrected chi connectivity index (χ1v) is 18.8. The number of piperidine rings is 2. The van der Waals surface area contributed by atoms with Gasteiger partial charge in [-0.1, -0.05) is 13.8 Å². The van der Waals surface area contributed by atoms with Crippen LogP contribution < -0.4 is 9.80 Å². The molecule has 1 unspecified atom stereocenters. The largest absolute Gasteiger partial charge is 0.466 e. The summed E-state index contributed by atoms with van der Waals surface area (Å²) < 4.78 is 88.4. The van der Waals surface area contributed by atoms with E-state index in [1.165, 1.54) is 0 Å². The quantitative estimate of drug-likeness (QED) is 0.168. The molecule has 1 aromatic heterocycles. The van der Waals surface area contributed by atoms with Crippen LogP contribution in [0.3, 0.4) is 0 Å². The van der Waals surface area contributed by atoms with Crippen molar-refractivity contribution in [2.24, 2.45) is 11.8 Å². The van der Waals surface area contributed by atoms with Crippen LogP contribution in [0.25, 0.3) is 0 Å². The molecule has 1 aromatic carbocycles. The summed E-state index contributed by atoms with van der Waals surface area (Å²) in [5.74, 6) is 0.0900. The van der Waals surface area contributed by atoms with Crippen molar-refractivity contribution in [3.8, 4) is 0 Å².